The monoisotopic (exact) mass is 608 g/mol. The molecule has 0 spiro atoms. The third-order valence-corrected chi connectivity index (χ3v) is 9.29. The highest BCUT2D eigenvalue weighted by molar-refractivity contribution is 5.99. The van der Waals surface area contributed by atoms with Gasteiger partial charge in [0.1, 0.15) is 23.7 Å². The van der Waals surface area contributed by atoms with Gasteiger partial charge in [-0.05, 0) is 64.3 Å². The molecule has 10 heteroatoms. The van der Waals surface area contributed by atoms with Crippen LogP contribution in [0, 0.1) is 0 Å². The van der Waals surface area contributed by atoms with Crippen molar-refractivity contribution >= 4 is 22.3 Å². The summed E-state index contributed by atoms with van der Waals surface area (Å²) in [7, 11) is 0. The minimum Gasteiger partial charge on any atom is -0.492 e. The molecule has 1 aliphatic carbocycles. The minimum absolute atomic E-state index is 0.0365. The first-order chi connectivity index (χ1) is 21.8. The van der Waals surface area contributed by atoms with Crippen molar-refractivity contribution in [3.8, 4) is 5.75 Å². The molecule has 0 bridgehead atoms. The number of imidazole rings is 1. The van der Waals surface area contributed by atoms with Crippen LogP contribution < -0.4 is 4.74 Å². The Hall–Kier alpha value is -4.02. The standard InChI is InChI=1S/C35H44N8O2/c1-24(2)40-16-14-39(15-17-40)18-19-45-29-11-12-41-31(22-36-33(41)21-29)32(44)20-27-6-5-7-30-34(27)35(26-8-9-26)38-43(30)23-28-10-13-42(37-28)25(3)4/h5-7,10-13,21-22,24-26H,8-9,14-20,23H2,1-4H3. The summed E-state index contributed by atoms with van der Waals surface area (Å²) in [5.41, 5.74) is 5.46. The number of fused-ring (bicyclic) bond motifs is 2. The number of carbonyl (C=O) groups excluding carboxylic acids is 1. The van der Waals surface area contributed by atoms with Gasteiger partial charge >= 0.3 is 0 Å². The van der Waals surface area contributed by atoms with Crippen LogP contribution in [0.1, 0.15) is 79.9 Å². The molecule has 4 aromatic heterocycles. The second kappa shape index (κ2) is 12.4. The number of pyridine rings is 1. The van der Waals surface area contributed by atoms with E-state index in [1.54, 1.807) is 6.20 Å². The fraction of sp³-hybridized carbons (Fsp3) is 0.486. The van der Waals surface area contributed by atoms with E-state index in [2.05, 4.69) is 65.4 Å². The predicted octanol–water partition coefficient (Wildman–Crippen LogP) is 5.22. The number of ketones is 1. The number of Topliss-reactive ketones (excluding diaryl/α,β-unsaturated/α-hetero) is 1. The number of hydrogen-bond donors (Lipinski definition) is 0. The number of aromatic nitrogens is 6. The summed E-state index contributed by atoms with van der Waals surface area (Å²) < 4.78 is 12.0. The van der Waals surface area contributed by atoms with Crippen molar-refractivity contribution in [1.29, 1.82) is 0 Å². The lowest BCUT2D eigenvalue weighted by Gasteiger charge is -2.36. The first-order valence-electron chi connectivity index (χ1n) is 16.5. The van der Waals surface area contributed by atoms with Crippen LogP contribution in [0.3, 0.4) is 0 Å². The van der Waals surface area contributed by atoms with Crippen molar-refractivity contribution < 1.29 is 9.53 Å². The average molecular weight is 609 g/mol. The minimum atomic E-state index is 0.0365. The number of piperazine rings is 1. The predicted molar refractivity (Wildman–Crippen MR) is 175 cm³/mol. The Bertz CT molecular complexity index is 1800. The molecule has 0 N–H and O–H groups in total. The molecule has 2 fully saturated rings. The van der Waals surface area contributed by atoms with Crippen molar-refractivity contribution in [2.24, 2.45) is 0 Å². The molecule has 1 saturated heterocycles. The van der Waals surface area contributed by atoms with E-state index in [0.717, 1.165) is 79.2 Å². The molecular weight excluding hydrogens is 564 g/mol. The number of ether oxygens (including phenoxy) is 1. The Morgan fingerprint density at radius 2 is 1.80 bits per heavy atom. The van der Waals surface area contributed by atoms with Gasteiger partial charge in [0.25, 0.3) is 0 Å². The molecule has 0 radical (unpaired) electrons. The van der Waals surface area contributed by atoms with Crippen LogP contribution in [0.5, 0.6) is 5.75 Å². The van der Waals surface area contributed by atoms with E-state index < -0.39 is 0 Å². The van der Waals surface area contributed by atoms with E-state index in [0.29, 0.717) is 48.9 Å². The number of benzene rings is 1. The van der Waals surface area contributed by atoms with E-state index in [1.165, 1.54) is 0 Å². The molecule has 45 heavy (non-hydrogen) atoms. The van der Waals surface area contributed by atoms with E-state index in [4.69, 9.17) is 14.9 Å². The third-order valence-electron chi connectivity index (χ3n) is 9.29. The molecule has 10 nitrogen and oxygen atoms in total. The lowest BCUT2D eigenvalue weighted by molar-refractivity contribution is 0.0970. The topological polar surface area (TPSA) is 85.7 Å². The molecule has 0 amide bonds. The molecule has 236 valence electrons. The summed E-state index contributed by atoms with van der Waals surface area (Å²) in [4.78, 5) is 23.3. The van der Waals surface area contributed by atoms with Crippen molar-refractivity contribution in [2.45, 2.75) is 71.5 Å². The Morgan fingerprint density at radius 1 is 0.978 bits per heavy atom. The summed E-state index contributed by atoms with van der Waals surface area (Å²) >= 11 is 0. The number of nitrogens with zero attached hydrogens (tertiary/aromatic N) is 8. The normalized spacial score (nSPS) is 16.5. The van der Waals surface area contributed by atoms with Gasteiger partial charge in [-0.3, -0.25) is 28.4 Å². The molecular formula is C35H44N8O2. The van der Waals surface area contributed by atoms with Gasteiger partial charge < -0.3 is 4.74 Å². The van der Waals surface area contributed by atoms with Crippen LogP contribution in [0.2, 0.25) is 0 Å². The van der Waals surface area contributed by atoms with E-state index in [9.17, 15) is 4.79 Å². The van der Waals surface area contributed by atoms with E-state index in [-0.39, 0.29) is 5.78 Å². The zero-order valence-electron chi connectivity index (χ0n) is 26.9. The summed E-state index contributed by atoms with van der Waals surface area (Å²) in [6.45, 7) is 15.3. The second-order valence-electron chi connectivity index (χ2n) is 13.2. The molecule has 7 rings (SSSR count). The van der Waals surface area contributed by atoms with Gasteiger partial charge in [-0.25, -0.2) is 4.98 Å². The van der Waals surface area contributed by atoms with Crippen LogP contribution in [0.15, 0.2) is 55.0 Å². The van der Waals surface area contributed by atoms with Crippen molar-refractivity contribution in [1.82, 2.24) is 38.7 Å². The highest BCUT2D eigenvalue weighted by atomic mass is 16.5. The molecule has 5 heterocycles. The maximum absolute atomic E-state index is 13.8. The number of hydrogen-bond acceptors (Lipinski definition) is 7. The smallest absolute Gasteiger partial charge is 0.185 e. The molecule has 0 atom stereocenters. The van der Waals surface area contributed by atoms with Crippen molar-refractivity contribution in [2.75, 3.05) is 39.3 Å². The van der Waals surface area contributed by atoms with Crippen molar-refractivity contribution in [3.63, 3.8) is 0 Å². The van der Waals surface area contributed by atoms with Crippen molar-refractivity contribution in [3.05, 3.63) is 77.6 Å². The van der Waals surface area contributed by atoms with Gasteiger partial charge in [0.15, 0.2) is 5.78 Å². The summed E-state index contributed by atoms with van der Waals surface area (Å²) in [6, 6.07) is 13.1. The van der Waals surface area contributed by atoms with Gasteiger partial charge in [0.05, 0.1) is 29.6 Å². The summed E-state index contributed by atoms with van der Waals surface area (Å²) in [5.74, 6) is 1.27. The van der Waals surface area contributed by atoms with Gasteiger partial charge in [0.2, 0.25) is 0 Å². The Labute approximate surface area is 264 Å². The largest absolute Gasteiger partial charge is 0.492 e. The number of rotatable bonds is 12. The van der Waals surface area contributed by atoms with Gasteiger partial charge in [-0.15, -0.1) is 0 Å². The van der Waals surface area contributed by atoms with Crippen LogP contribution in [-0.4, -0.2) is 89.9 Å². The van der Waals surface area contributed by atoms with Crippen LogP contribution in [0.25, 0.3) is 16.6 Å². The summed E-state index contributed by atoms with van der Waals surface area (Å²) in [5, 5.41) is 10.9. The Morgan fingerprint density at radius 3 is 2.53 bits per heavy atom. The first kappa shape index (κ1) is 29.7. The Kier molecular flexibility index (Phi) is 8.18. The highest BCUT2D eigenvalue weighted by Crippen LogP contribution is 2.43. The highest BCUT2D eigenvalue weighted by Gasteiger charge is 2.31. The Balaban J connectivity index is 1.05. The third kappa shape index (κ3) is 6.26. The maximum Gasteiger partial charge on any atom is 0.185 e. The maximum atomic E-state index is 13.8. The zero-order chi connectivity index (χ0) is 31.1. The van der Waals surface area contributed by atoms with Gasteiger partial charge in [0, 0.05) is 81.0 Å². The van der Waals surface area contributed by atoms with Crippen LogP contribution >= 0.6 is 0 Å². The SMILES string of the molecule is CC(C)N1CCN(CCOc2ccn3c(C(=O)Cc4cccc5c4c(C4CC4)nn5Cc4ccn(C(C)C)n4)cnc3c2)CC1. The first-order valence-corrected chi connectivity index (χ1v) is 16.5. The van der Waals surface area contributed by atoms with Crippen LogP contribution in [-0.2, 0) is 13.0 Å². The van der Waals surface area contributed by atoms with E-state index in [1.807, 2.05) is 39.7 Å². The molecule has 1 saturated carbocycles. The molecule has 1 aliphatic heterocycles. The lowest BCUT2D eigenvalue weighted by Crippen LogP contribution is -2.49. The molecule has 5 aromatic rings. The average Bonchev–Trinajstić information content (AvgIpc) is 3.43. The quantitative estimate of drug-likeness (QED) is 0.180. The molecule has 0 unspecified atom stereocenters. The van der Waals surface area contributed by atoms with Gasteiger partial charge in [-0.2, -0.15) is 10.2 Å². The van der Waals surface area contributed by atoms with Crippen LogP contribution in [0.4, 0.5) is 0 Å². The van der Waals surface area contributed by atoms with Gasteiger partial charge in [-0.1, -0.05) is 12.1 Å². The summed E-state index contributed by atoms with van der Waals surface area (Å²) in [6.07, 6.45) is 8.19. The number of carbonyl (C=O) groups is 1. The fourth-order valence-corrected chi connectivity index (χ4v) is 6.46. The second-order valence-corrected chi connectivity index (χ2v) is 13.2. The molecule has 1 aromatic carbocycles. The van der Waals surface area contributed by atoms with E-state index >= 15 is 0 Å². The zero-order valence-corrected chi connectivity index (χ0v) is 26.9. The lowest BCUT2D eigenvalue weighted by atomic mass is 10.00. The molecule has 2 aliphatic rings. The fourth-order valence-electron chi connectivity index (χ4n) is 6.46.